The van der Waals surface area contributed by atoms with Crippen molar-refractivity contribution in [1.29, 1.82) is 0 Å². The quantitative estimate of drug-likeness (QED) is 0.681. The highest BCUT2D eigenvalue weighted by Crippen LogP contribution is 2.23. The molecule has 0 bridgehead atoms. The second kappa shape index (κ2) is 7.18. The van der Waals surface area contributed by atoms with E-state index in [9.17, 15) is 0 Å². The molecule has 1 aromatic heterocycles. The lowest BCUT2D eigenvalue weighted by Gasteiger charge is -2.13. The number of benzene rings is 2. The summed E-state index contributed by atoms with van der Waals surface area (Å²) in [4.78, 5) is 6.30. The summed E-state index contributed by atoms with van der Waals surface area (Å²) in [6.07, 6.45) is 1.81. The minimum absolute atomic E-state index is 0.535. The van der Waals surface area contributed by atoms with E-state index < -0.39 is 0 Å². The Morgan fingerprint density at radius 3 is 2.42 bits per heavy atom. The first kappa shape index (κ1) is 16.1. The number of aryl methyl sites for hydroxylation is 1. The second-order valence-corrected chi connectivity index (χ2v) is 6.10. The van der Waals surface area contributed by atoms with Crippen LogP contribution in [0.3, 0.4) is 0 Å². The van der Waals surface area contributed by atoms with Gasteiger partial charge in [-0.2, -0.15) is 0 Å². The Morgan fingerprint density at radius 1 is 0.917 bits per heavy atom. The van der Waals surface area contributed by atoms with Gasteiger partial charge < -0.3 is 9.64 Å². The van der Waals surface area contributed by atoms with Crippen molar-refractivity contribution in [3.8, 4) is 16.9 Å². The van der Waals surface area contributed by atoms with Gasteiger partial charge in [-0.1, -0.05) is 42.0 Å². The summed E-state index contributed by atoms with van der Waals surface area (Å²) in [5.74, 6) is 1.81. The van der Waals surface area contributed by atoms with E-state index in [1.807, 2.05) is 49.5 Å². The van der Waals surface area contributed by atoms with E-state index in [0.717, 1.165) is 17.1 Å². The summed E-state index contributed by atoms with van der Waals surface area (Å²) >= 11 is 0. The molecule has 2 aromatic carbocycles. The molecule has 24 heavy (non-hydrogen) atoms. The predicted octanol–water partition coefficient (Wildman–Crippen LogP) is 4.70. The number of rotatable bonds is 5. The van der Waals surface area contributed by atoms with Crippen molar-refractivity contribution >= 4 is 5.82 Å². The van der Waals surface area contributed by atoms with Gasteiger partial charge in [0, 0.05) is 20.3 Å². The van der Waals surface area contributed by atoms with E-state index >= 15 is 0 Å². The van der Waals surface area contributed by atoms with Gasteiger partial charge >= 0.3 is 0 Å². The first-order valence-electron chi connectivity index (χ1n) is 8.04. The van der Waals surface area contributed by atoms with Crippen molar-refractivity contribution in [1.82, 2.24) is 4.98 Å². The van der Waals surface area contributed by atoms with Crippen LogP contribution >= 0.6 is 0 Å². The van der Waals surface area contributed by atoms with Gasteiger partial charge in [0.2, 0.25) is 0 Å². The minimum Gasteiger partial charge on any atom is -0.489 e. The van der Waals surface area contributed by atoms with Crippen LogP contribution < -0.4 is 9.64 Å². The van der Waals surface area contributed by atoms with Crippen molar-refractivity contribution in [3.63, 3.8) is 0 Å². The summed E-state index contributed by atoms with van der Waals surface area (Å²) < 4.78 is 5.90. The highest BCUT2D eigenvalue weighted by molar-refractivity contribution is 5.64. The molecule has 0 saturated heterocycles. The third kappa shape index (κ3) is 3.93. The SMILES string of the molecule is Cc1cccc(-c2ccc(OCc3ccnc(N(C)C)c3)cc2)c1. The van der Waals surface area contributed by atoms with Crippen molar-refractivity contribution in [2.75, 3.05) is 19.0 Å². The fourth-order valence-corrected chi connectivity index (χ4v) is 2.53. The minimum atomic E-state index is 0.535. The van der Waals surface area contributed by atoms with E-state index in [-0.39, 0.29) is 0 Å². The Bertz CT molecular complexity index is 810. The Morgan fingerprint density at radius 2 is 1.71 bits per heavy atom. The average molecular weight is 318 g/mol. The summed E-state index contributed by atoms with van der Waals surface area (Å²) in [5.41, 5.74) is 4.80. The fraction of sp³-hybridized carbons (Fsp3) is 0.190. The largest absolute Gasteiger partial charge is 0.489 e. The maximum absolute atomic E-state index is 5.90. The zero-order valence-corrected chi connectivity index (χ0v) is 14.4. The molecular formula is C21H22N2O. The first-order chi connectivity index (χ1) is 11.6. The van der Waals surface area contributed by atoms with E-state index in [4.69, 9.17) is 4.74 Å². The average Bonchev–Trinajstić information content (AvgIpc) is 2.61. The molecule has 0 amide bonds. The number of aromatic nitrogens is 1. The second-order valence-electron chi connectivity index (χ2n) is 6.10. The number of hydrogen-bond donors (Lipinski definition) is 0. The molecule has 0 spiro atoms. The van der Waals surface area contributed by atoms with Crippen molar-refractivity contribution in [2.24, 2.45) is 0 Å². The third-order valence-corrected chi connectivity index (χ3v) is 3.88. The van der Waals surface area contributed by atoms with Gasteiger partial charge in [-0.3, -0.25) is 0 Å². The van der Waals surface area contributed by atoms with E-state index in [2.05, 4.69) is 48.3 Å². The maximum Gasteiger partial charge on any atom is 0.128 e. The van der Waals surface area contributed by atoms with Gasteiger partial charge in [-0.05, 0) is 47.9 Å². The van der Waals surface area contributed by atoms with E-state index in [1.165, 1.54) is 16.7 Å². The molecule has 3 aromatic rings. The molecule has 0 fully saturated rings. The summed E-state index contributed by atoms with van der Waals surface area (Å²) in [6, 6.07) is 20.8. The zero-order valence-electron chi connectivity index (χ0n) is 14.4. The lowest BCUT2D eigenvalue weighted by molar-refractivity contribution is 0.306. The van der Waals surface area contributed by atoms with E-state index in [1.54, 1.807) is 0 Å². The molecule has 0 saturated carbocycles. The van der Waals surface area contributed by atoms with Gasteiger partial charge in [0.15, 0.2) is 0 Å². The molecule has 0 N–H and O–H groups in total. The molecule has 0 aliphatic heterocycles. The van der Waals surface area contributed by atoms with Crippen LogP contribution in [0, 0.1) is 6.92 Å². The Labute approximate surface area is 143 Å². The zero-order chi connectivity index (χ0) is 16.9. The topological polar surface area (TPSA) is 25.4 Å². The normalized spacial score (nSPS) is 10.5. The van der Waals surface area contributed by atoms with Crippen molar-refractivity contribution < 1.29 is 4.74 Å². The first-order valence-corrected chi connectivity index (χ1v) is 8.04. The van der Waals surface area contributed by atoms with Gasteiger partial charge in [0.05, 0.1) is 0 Å². The molecule has 0 radical (unpaired) electrons. The molecule has 0 aliphatic carbocycles. The van der Waals surface area contributed by atoms with Crippen molar-refractivity contribution in [3.05, 3.63) is 78.0 Å². The van der Waals surface area contributed by atoms with Crippen LogP contribution in [0.2, 0.25) is 0 Å². The molecule has 3 heteroatoms. The molecule has 1 heterocycles. The lowest BCUT2D eigenvalue weighted by atomic mass is 10.0. The molecule has 0 unspecified atom stereocenters. The molecule has 3 rings (SSSR count). The fourth-order valence-electron chi connectivity index (χ4n) is 2.53. The third-order valence-electron chi connectivity index (χ3n) is 3.88. The van der Waals surface area contributed by atoms with Gasteiger partial charge in [-0.15, -0.1) is 0 Å². The van der Waals surface area contributed by atoms with Crippen LogP contribution in [-0.2, 0) is 6.61 Å². The van der Waals surface area contributed by atoms with Crippen LogP contribution in [0.1, 0.15) is 11.1 Å². The molecule has 0 atom stereocenters. The molecule has 122 valence electrons. The highest BCUT2D eigenvalue weighted by Gasteiger charge is 2.02. The van der Waals surface area contributed by atoms with E-state index in [0.29, 0.717) is 6.61 Å². The van der Waals surface area contributed by atoms with Crippen LogP contribution in [0.15, 0.2) is 66.9 Å². The standard InChI is InChI=1S/C21H22N2O/c1-16-5-4-6-19(13-16)18-7-9-20(10-8-18)24-15-17-11-12-22-21(14-17)23(2)3/h4-14H,15H2,1-3H3. The maximum atomic E-state index is 5.90. The lowest BCUT2D eigenvalue weighted by Crippen LogP contribution is -2.11. The number of pyridine rings is 1. The molecule has 0 aliphatic rings. The monoisotopic (exact) mass is 318 g/mol. The molecular weight excluding hydrogens is 296 g/mol. The Hall–Kier alpha value is -2.81. The van der Waals surface area contributed by atoms with Crippen molar-refractivity contribution in [2.45, 2.75) is 13.5 Å². The number of ether oxygens (including phenoxy) is 1. The highest BCUT2D eigenvalue weighted by atomic mass is 16.5. The Balaban J connectivity index is 1.67. The number of hydrogen-bond acceptors (Lipinski definition) is 3. The van der Waals surface area contributed by atoms with Crippen LogP contribution in [0.25, 0.3) is 11.1 Å². The van der Waals surface area contributed by atoms with Gasteiger partial charge in [-0.25, -0.2) is 4.98 Å². The van der Waals surface area contributed by atoms with Gasteiger partial charge in [0.1, 0.15) is 18.2 Å². The predicted molar refractivity (Wildman–Crippen MR) is 99.5 cm³/mol. The van der Waals surface area contributed by atoms with Crippen LogP contribution in [-0.4, -0.2) is 19.1 Å². The van der Waals surface area contributed by atoms with Gasteiger partial charge in [0.25, 0.3) is 0 Å². The van der Waals surface area contributed by atoms with Crippen LogP contribution in [0.5, 0.6) is 5.75 Å². The summed E-state index contributed by atoms with van der Waals surface area (Å²) in [7, 11) is 3.97. The summed E-state index contributed by atoms with van der Waals surface area (Å²) in [6.45, 7) is 2.64. The number of nitrogens with zero attached hydrogens (tertiary/aromatic N) is 2. The molecule has 3 nitrogen and oxygen atoms in total. The number of anilines is 1. The smallest absolute Gasteiger partial charge is 0.128 e. The summed E-state index contributed by atoms with van der Waals surface area (Å²) in [5, 5.41) is 0. The van der Waals surface area contributed by atoms with Crippen LogP contribution in [0.4, 0.5) is 5.82 Å². The Kier molecular flexibility index (Phi) is 4.80.